The van der Waals surface area contributed by atoms with Crippen LogP contribution in [0.3, 0.4) is 0 Å². The zero-order valence-corrected chi connectivity index (χ0v) is 12.7. The summed E-state index contributed by atoms with van der Waals surface area (Å²) in [7, 11) is 0. The molecule has 0 fully saturated rings. The van der Waals surface area contributed by atoms with E-state index in [9.17, 15) is 4.79 Å². The molecule has 1 heterocycles. The number of nitrogens with one attached hydrogen (secondary N) is 1. The maximum Gasteiger partial charge on any atom is 0.303 e. The lowest BCUT2D eigenvalue weighted by molar-refractivity contribution is -0.137. The predicted molar refractivity (Wildman–Crippen MR) is 79.4 cm³/mol. The molecule has 1 rings (SSSR count). The number of hydrogen-bond donors (Lipinski definition) is 3. The normalized spacial score (nSPS) is 10.8. The molecule has 0 saturated carbocycles. The number of aromatic nitrogens is 1. The maximum absolute atomic E-state index is 10.3. The average Bonchev–Trinajstić information content (AvgIpc) is 2.67. The summed E-state index contributed by atoms with van der Waals surface area (Å²) in [5.74, 6) is -0.695. The van der Waals surface area contributed by atoms with Crippen LogP contribution in [0.15, 0.2) is 9.62 Å². The Morgan fingerprint density at radius 3 is 2.26 bits per heavy atom. The third-order valence-corrected chi connectivity index (χ3v) is 3.78. The number of aliphatic carboxylic acids is 1. The summed E-state index contributed by atoms with van der Waals surface area (Å²) in [5, 5.41) is 11.7. The number of rotatable bonds is 10. The lowest BCUT2D eigenvalue weighted by Crippen LogP contribution is -1.93. The third kappa shape index (κ3) is 6.82. The van der Waals surface area contributed by atoms with Crippen LogP contribution in [0.4, 0.5) is 0 Å². The fourth-order valence-electron chi connectivity index (χ4n) is 2.00. The molecule has 0 spiro atoms. The van der Waals surface area contributed by atoms with Crippen molar-refractivity contribution >= 4 is 30.8 Å². The van der Waals surface area contributed by atoms with E-state index in [1.165, 1.54) is 12.8 Å². The summed E-state index contributed by atoms with van der Waals surface area (Å²) in [5.41, 5.74) is 1.000. The highest BCUT2D eigenvalue weighted by atomic mass is 32.1. The minimum atomic E-state index is -0.695. The van der Waals surface area contributed by atoms with Crippen LogP contribution in [0, 0.1) is 4.64 Å². The Bertz CT molecular complexity index is 439. The molecule has 0 bridgehead atoms. The lowest BCUT2D eigenvalue weighted by atomic mass is 10.1. The topological polar surface area (TPSA) is 66.2 Å². The monoisotopic (exact) mass is 303 g/mol. The summed E-state index contributed by atoms with van der Waals surface area (Å²) < 4.78 is 5.68. The molecule has 0 aliphatic carbocycles. The number of H-pyrrole nitrogens is 1. The minimum absolute atomic E-state index is 0.295. The van der Waals surface area contributed by atoms with Crippen LogP contribution in [-0.2, 0) is 11.2 Å². The van der Waals surface area contributed by atoms with Gasteiger partial charge in [-0.1, -0.05) is 44.3 Å². The Balaban J connectivity index is 1.97. The summed E-state index contributed by atoms with van der Waals surface area (Å²) in [4.78, 5) is 10.3. The number of unbranched alkanes of at least 4 members (excludes halogenated alkanes) is 6. The van der Waals surface area contributed by atoms with E-state index in [1.807, 2.05) is 0 Å². The largest absolute Gasteiger partial charge is 0.481 e. The van der Waals surface area contributed by atoms with Crippen molar-refractivity contribution in [2.24, 2.45) is 0 Å². The molecule has 0 saturated heterocycles. The smallest absolute Gasteiger partial charge is 0.303 e. The number of carbonyl (C=O) groups is 1. The van der Waals surface area contributed by atoms with E-state index in [-0.39, 0.29) is 0 Å². The SMILES string of the molecule is O=C(O)CCCCCCCCCc1c(S)o[nH]c1=S. The molecule has 0 amide bonds. The van der Waals surface area contributed by atoms with Gasteiger partial charge >= 0.3 is 5.97 Å². The molecule has 1 aromatic rings. The molecular formula is C13H21NO3S2. The molecule has 19 heavy (non-hydrogen) atoms. The quantitative estimate of drug-likeness (QED) is 0.341. The lowest BCUT2D eigenvalue weighted by Gasteiger charge is -2.01. The van der Waals surface area contributed by atoms with E-state index in [4.69, 9.17) is 21.8 Å². The first-order chi connectivity index (χ1) is 9.11. The summed E-state index contributed by atoms with van der Waals surface area (Å²) in [6.07, 6.45) is 8.73. The Hall–Kier alpha value is -0.750. The van der Waals surface area contributed by atoms with Crippen molar-refractivity contribution < 1.29 is 14.4 Å². The average molecular weight is 303 g/mol. The van der Waals surface area contributed by atoms with Crippen LogP contribution in [0.5, 0.6) is 0 Å². The second kappa shape index (κ2) is 9.20. The zero-order valence-electron chi connectivity index (χ0n) is 11.0. The van der Waals surface area contributed by atoms with E-state index in [0.717, 1.165) is 44.1 Å². The van der Waals surface area contributed by atoms with Gasteiger partial charge in [-0.3, -0.25) is 4.79 Å². The summed E-state index contributed by atoms with van der Waals surface area (Å²) in [6, 6.07) is 0. The molecule has 6 heteroatoms. The van der Waals surface area contributed by atoms with Gasteiger partial charge in [0, 0.05) is 12.0 Å². The minimum Gasteiger partial charge on any atom is -0.481 e. The first kappa shape index (κ1) is 16.3. The van der Waals surface area contributed by atoms with Gasteiger partial charge < -0.3 is 9.63 Å². The van der Waals surface area contributed by atoms with Crippen molar-refractivity contribution in [3.05, 3.63) is 10.2 Å². The van der Waals surface area contributed by atoms with Crippen molar-refractivity contribution in [3.8, 4) is 0 Å². The number of carboxylic acids is 1. The van der Waals surface area contributed by atoms with E-state index in [0.29, 0.717) is 16.2 Å². The summed E-state index contributed by atoms with van der Waals surface area (Å²) >= 11 is 9.30. The van der Waals surface area contributed by atoms with E-state index >= 15 is 0 Å². The highest BCUT2D eigenvalue weighted by Crippen LogP contribution is 2.18. The standard InChI is InChI=1S/C13H21NO3S2/c15-11(16)9-7-5-3-1-2-4-6-8-10-12(18)14-17-13(10)19/h19H,1-9H2,(H,14,18)(H,15,16). The molecule has 108 valence electrons. The fraction of sp³-hybridized carbons (Fsp3) is 0.692. The number of carboxylic acid groups (broad SMARTS) is 1. The van der Waals surface area contributed by atoms with E-state index < -0.39 is 5.97 Å². The van der Waals surface area contributed by atoms with Gasteiger partial charge in [0.05, 0.1) is 0 Å². The van der Waals surface area contributed by atoms with E-state index in [1.54, 1.807) is 0 Å². The van der Waals surface area contributed by atoms with Crippen molar-refractivity contribution in [2.45, 2.75) is 62.9 Å². The molecule has 2 N–H and O–H groups in total. The Morgan fingerprint density at radius 2 is 1.74 bits per heavy atom. The van der Waals surface area contributed by atoms with Gasteiger partial charge in [-0.15, -0.1) is 12.6 Å². The Morgan fingerprint density at radius 1 is 1.16 bits per heavy atom. The van der Waals surface area contributed by atoms with Crippen LogP contribution < -0.4 is 0 Å². The zero-order chi connectivity index (χ0) is 14.1. The first-order valence-corrected chi connectivity index (χ1v) is 7.58. The summed E-state index contributed by atoms with van der Waals surface area (Å²) in [6.45, 7) is 0. The molecular weight excluding hydrogens is 282 g/mol. The van der Waals surface area contributed by atoms with Gasteiger partial charge in [-0.2, -0.15) is 0 Å². The molecule has 0 unspecified atom stereocenters. The third-order valence-electron chi connectivity index (χ3n) is 3.09. The molecule has 4 nitrogen and oxygen atoms in total. The Labute approximate surface area is 124 Å². The highest BCUT2D eigenvalue weighted by molar-refractivity contribution is 7.80. The number of thiol groups is 1. The van der Waals surface area contributed by atoms with Crippen LogP contribution in [0.25, 0.3) is 0 Å². The van der Waals surface area contributed by atoms with E-state index in [2.05, 4.69) is 17.8 Å². The van der Waals surface area contributed by atoms with Gasteiger partial charge in [0.1, 0.15) is 4.64 Å². The van der Waals surface area contributed by atoms with Gasteiger partial charge in [-0.25, -0.2) is 5.16 Å². The molecule has 0 aliphatic heterocycles. The van der Waals surface area contributed by atoms with Gasteiger partial charge in [-0.05, 0) is 19.3 Å². The predicted octanol–water partition coefficient (Wildman–Crippen LogP) is 4.37. The maximum atomic E-state index is 10.3. The molecule has 0 radical (unpaired) electrons. The Kier molecular flexibility index (Phi) is 7.90. The fourth-order valence-corrected chi connectivity index (χ4v) is 2.58. The van der Waals surface area contributed by atoms with Crippen LogP contribution in [0.1, 0.15) is 56.9 Å². The van der Waals surface area contributed by atoms with Crippen LogP contribution >= 0.6 is 24.8 Å². The highest BCUT2D eigenvalue weighted by Gasteiger charge is 2.05. The number of aromatic amines is 1. The van der Waals surface area contributed by atoms with Crippen LogP contribution in [0.2, 0.25) is 0 Å². The van der Waals surface area contributed by atoms with Gasteiger partial charge in [0.25, 0.3) is 0 Å². The van der Waals surface area contributed by atoms with Crippen molar-refractivity contribution in [2.75, 3.05) is 0 Å². The molecule has 0 aliphatic rings. The van der Waals surface area contributed by atoms with Crippen molar-refractivity contribution in [1.29, 1.82) is 0 Å². The first-order valence-electron chi connectivity index (χ1n) is 6.72. The molecule has 0 aromatic carbocycles. The molecule has 0 atom stereocenters. The molecule has 1 aromatic heterocycles. The second-order valence-corrected chi connectivity index (χ2v) is 5.50. The second-order valence-electron chi connectivity index (χ2n) is 4.69. The van der Waals surface area contributed by atoms with Crippen molar-refractivity contribution in [3.63, 3.8) is 0 Å². The van der Waals surface area contributed by atoms with Gasteiger partial charge in [0.15, 0.2) is 5.09 Å². The number of hydrogen-bond acceptors (Lipinski definition) is 4. The van der Waals surface area contributed by atoms with Crippen LogP contribution in [-0.4, -0.2) is 16.2 Å². The van der Waals surface area contributed by atoms with Gasteiger partial charge in [0.2, 0.25) is 0 Å². The van der Waals surface area contributed by atoms with Crippen molar-refractivity contribution in [1.82, 2.24) is 5.16 Å².